The maximum absolute atomic E-state index is 4.47. The van der Waals surface area contributed by atoms with Crippen LogP contribution in [0.5, 0.6) is 0 Å². The SMILES string of the molecule is CCc1ccc(C2CNCCN2Cc2ccccn2)cc1.Cl. The third-order valence-corrected chi connectivity index (χ3v) is 4.22. The van der Waals surface area contributed by atoms with E-state index >= 15 is 0 Å². The quantitative estimate of drug-likeness (QED) is 0.938. The van der Waals surface area contributed by atoms with Crippen LogP contribution in [0.4, 0.5) is 0 Å². The summed E-state index contributed by atoms with van der Waals surface area (Å²) in [6.45, 7) is 6.25. The van der Waals surface area contributed by atoms with Crippen LogP contribution in [0.1, 0.15) is 29.8 Å². The second kappa shape index (κ2) is 8.28. The number of hydrogen-bond donors (Lipinski definition) is 1. The molecule has 1 aromatic carbocycles. The molecule has 2 heterocycles. The number of nitrogens with zero attached hydrogens (tertiary/aromatic N) is 2. The summed E-state index contributed by atoms with van der Waals surface area (Å²) in [7, 11) is 0. The van der Waals surface area contributed by atoms with Gasteiger partial charge in [-0.3, -0.25) is 9.88 Å². The maximum Gasteiger partial charge on any atom is 0.0544 e. The van der Waals surface area contributed by atoms with Crippen molar-refractivity contribution in [3.05, 3.63) is 65.5 Å². The zero-order valence-corrected chi connectivity index (χ0v) is 13.9. The Bertz CT molecular complexity index is 556. The molecule has 1 saturated heterocycles. The number of nitrogens with one attached hydrogen (secondary N) is 1. The molecule has 0 saturated carbocycles. The lowest BCUT2D eigenvalue weighted by Gasteiger charge is -2.36. The average Bonchev–Trinajstić information content (AvgIpc) is 2.56. The van der Waals surface area contributed by atoms with Crippen LogP contribution in [0, 0.1) is 0 Å². The molecule has 1 aromatic heterocycles. The summed E-state index contributed by atoms with van der Waals surface area (Å²) in [5.74, 6) is 0. The third kappa shape index (κ3) is 4.07. The smallest absolute Gasteiger partial charge is 0.0544 e. The lowest BCUT2D eigenvalue weighted by Crippen LogP contribution is -2.45. The number of pyridine rings is 1. The fourth-order valence-electron chi connectivity index (χ4n) is 2.94. The van der Waals surface area contributed by atoms with Gasteiger partial charge in [0.25, 0.3) is 0 Å². The molecule has 1 aliphatic rings. The Morgan fingerprint density at radius 1 is 1.18 bits per heavy atom. The van der Waals surface area contributed by atoms with Crippen LogP contribution in [-0.2, 0) is 13.0 Å². The molecule has 3 nitrogen and oxygen atoms in total. The first-order chi connectivity index (χ1) is 10.4. The van der Waals surface area contributed by atoms with Gasteiger partial charge in [-0.05, 0) is 29.7 Å². The minimum absolute atomic E-state index is 0. The third-order valence-electron chi connectivity index (χ3n) is 4.22. The van der Waals surface area contributed by atoms with Crippen LogP contribution in [0.2, 0.25) is 0 Å². The first-order valence-electron chi connectivity index (χ1n) is 7.80. The Hall–Kier alpha value is -1.42. The van der Waals surface area contributed by atoms with Crippen molar-refractivity contribution in [2.24, 2.45) is 0 Å². The van der Waals surface area contributed by atoms with Crippen molar-refractivity contribution in [3.8, 4) is 0 Å². The molecule has 22 heavy (non-hydrogen) atoms. The summed E-state index contributed by atoms with van der Waals surface area (Å²) in [4.78, 5) is 6.99. The molecule has 4 heteroatoms. The largest absolute Gasteiger partial charge is 0.314 e. The van der Waals surface area contributed by atoms with Gasteiger partial charge >= 0.3 is 0 Å². The second-order valence-electron chi connectivity index (χ2n) is 5.61. The molecule has 3 rings (SSSR count). The van der Waals surface area contributed by atoms with Crippen molar-refractivity contribution in [1.82, 2.24) is 15.2 Å². The van der Waals surface area contributed by atoms with Crippen molar-refractivity contribution >= 4 is 12.4 Å². The van der Waals surface area contributed by atoms with E-state index in [2.05, 4.69) is 58.5 Å². The van der Waals surface area contributed by atoms with E-state index < -0.39 is 0 Å². The van der Waals surface area contributed by atoms with Crippen molar-refractivity contribution in [1.29, 1.82) is 0 Å². The molecule has 1 unspecified atom stereocenters. The predicted octanol–water partition coefficient (Wildman–Crippen LogP) is 3.21. The van der Waals surface area contributed by atoms with Crippen LogP contribution in [0.3, 0.4) is 0 Å². The average molecular weight is 318 g/mol. The predicted molar refractivity (Wildman–Crippen MR) is 93.3 cm³/mol. The number of aromatic nitrogens is 1. The minimum Gasteiger partial charge on any atom is -0.314 e. The second-order valence-corrected chi connectivity index (χ2v) is 5.61. The Balaban J connectivity index is 0.00000176. The van der Waals surface area contributed by atoms with Gasteiger partial charge < -0.3 is 5.32 Å². The Morgan fingerprint density at radius 3 is 2.68 bits per heavy atom. The summed E-state index contributed by atoms with van der Waals surface area (Å²) in [6.07, 6.45) is 2.98. The molecule has 0 aliphatic carbocycles. The standard InChI is InChI=1S/C18H23N3.ClH/c1-2-15-6-8-16(9-7-15)18-13-19-11-12-21(18)14-17-5-3-4-10-20-17;/h3-10,18-19H,2,11-14H2,1H3;1H. The van der Waals surface area contributed by atoms with Crippen LogP contribution in [0.15, 0.2) is 48.7 Å². The number of halogens is 1. The van der Waals surface area contributed by atoms with Crippen LogP contribution >= 0.6 is 12.4 Å². The van der Waals surface area contributed by atoms with E-state index in [-0.39, 0.29) is 12.4 Å². The van der Waals surface area contributed by atoms with Crippen molar-refractivity contribution in [3.63, 3.8) is 0 Å². The Labute approximate surface area is 139 Å². The van der Waals surface area contributed by atoms with E-state index in [4.69, 9.17) is 0 Å². The lowest BCUT2D eigenvalue weighted by atomic mass is 10.0. The van der Waals surface area contributed by atoms with E-state index in [0.717, 1.165) is 38.3 Å². The number of benzene rings is 1. The van der Waals surface area contributed by atoms with Gasteiger partial charge in [0.1, 0.15) is 0 Å². The molecule has 1 N–H and O–H groups in total. The highest BCUT2D eigenvalue weighted by Crippen LogP contribution is 2.24. The molecule has 0 spiro atoms. The lowest BCUT2D eigenvalue weighted by molar-refractivity contribution is 0.152. The van der Waals surface area contributed by atoms with Gasteiger partial charge in [0.2, 0.25) is 0 Å². The summed E-state index contributed by atoms with van der Waals surface area (Å²) >= 11 is 0. The van der Waals surface area contributed by atoms with E-state index in [9.17, 15) is 0 Å². The molecule has 2 aromatic rings. The molecule has 118 valence electrons. The molecular weight excluding hydrogens is 294 g/mol. The van der Waals surface area contributed by atoms with Crippen LogP contribution < -0.4 is 5.32 Å². The molecule has 0 radical (unpaired) electrons. The molecule has 1 fully saturated rings. The summed E-state index contributed by atoms with van der Waals surface area (Å²) in [5.41, 5.74) is 3.95. The van der Waals surface area contributed by atoms with Gasteiger partial charge in [0.15, 0.2) is 0 Å². The van der Waals surface area contributed by atoms with Crippen molar-refractivity contribution in [2.75, 3.05) is 19.6 Å². The first kappa shape index (κ1) is 16.9. The van der Waals surface area contributed by atoms with Gasteiger partial charge in [-0.15, -0.1) is 12.4 Å². The van der Waals surface area contributed by atoms with Crippen LogP contribution in [0.25, 0.3) is 0 Å². The molecule has 0 bridgehead atoms. The zero-order chi connectivity index (χ0) is 14.5. The van der Waals surface area contributed by atoms with Crippen molar-refractivity contribution < 1.29 is 0 Å². The van der Waals surface area contributed by atoms with Gasteiger partial charge in [-0.1, -0.05) is 37.3 Å². The maximum atomic E-state index is 4.47. The number of piperazine rings is 1. The van der Waals surface area contributed by atoms with E-state index in [0.29, 0.717) is 6.04 Å². The van der Waals surface area contributed by atoms with E-state index in [1.165, 1.54) is 11.1 Å². The Kier molecular flexibility index (Phi) is 6.37. The van der Waals surface area contributed by atoms with Crippen LogP contribution in [-0.4, -0.2) is 29.5 Å². The highest BCUT2D eigenvalue weighted by Gasteiger charge is 2.23. The van der Waals surface area contributed by atoms with Gasteiger partial charge in [-0.2, -0.15) is 0 Å². The Morgan fingerprint density at radius 2 is 2.00 bits per heavy atom. The van der Waals surface area contributed by atoms with E-state index in [1.54, 1.807) is 0 Å². The highest BCUT2D eigenvalue weighted by molar-refractivity contribution is 5.85. The van der Waals surface area contributed by atoms with Gasteiger partial charge in [0, 0.05) is 38.4 Å². The number of rotatable bonds is 4. The number of aryl methyl sites for hydroxylation is 1. The number of hydrogen-bond acceptors (Lipinski definition) is 3. The zero-order valence-electron chi connectivity index (χ0n) is 13.0. The van der Waals surface area contributed by atoms with E-state index in [1.807, 2.05) is 12.3 Å². The summed E-state index contributed by atoms with van der Waals surface area (Å²) < 4.78 is 0. The molecule has 1 atom stereocenters. The molecule has 0 amide bonds. The topological polar surface area (TPSA) is 28.2 Å². The summed E-state index contributed by atoms with van der Waals surface area (Å²) in [5, 5.41) is 3.52. The molecular formula is C18H24ClN3. The van der Waals surface area contributed by atoms with Crippen molar-refractivity contribution in [2.45, 2.75) is 25.9 Å². The van der Waals surface area contributed by atoms with Gasteiger partial charge in [0.05, 0.1) is 5.69 Å². The summed E-state index contributed by atoms with van der Waals surface area (Å²) in [6, 6.07) is 15.7. The monoisotopic (exact) mass is 317 g/mol. The fourth-order valence-corrected chi connectivity index (χ4v) is 2.94. The highest BCUT2D eigenvalue weighted by atomic mass is 35.5. The normalized spacial score (nSPS) is 18.7. The molecule has 1 aliphatic heterocycles. The minimum atomic E-state index is 0. The van der Waals surface area contributed by atoms with Gasteiger partial charge in [-0.25, -0.2) is 0 Å². The fraction of sp³-hybridized carbons (Fsp3) is 0.389. The first-order valence-corrected chi connectivity index (χ1v) is 7.80.